The number of carbonyl (C=O) groups is 1. The van der Waals surface area contributed by atoms with Crippen LogP contribution in [0.15, 0.2) is 24.3 Å². The summed E-state index contributed by atoms with van der Waals surface area (Å²) in [6.45, 7) is 0. The fourth-order valence-corrected chi connectivity index (χ4v) is 3.16. The van der Waals surface area contributed by atoms with E-state index in [1.54, 1.807) is 35.6 Å². The molecule has 6 heteroatoms. The molecule has 5 nitrogen and oxygen atoms in total. The van der Waals surface area contributed by atoms with E-state index in [4.69, 9.17) is 5.73 Å². The highest BCUT2D eigenvalue weighted by Crippen LogP contribution is 2.30. The number of benzene rings is 1. The number of nitrogens with one attached hydrogen (secondary N) is 2. The van der Waals surface area contributed by atoms with Gasteiger partial charge in [-0.1, -0.05) is 6.07 Å². The van der Waals surface area contributed by atoms with E-state index in [0.717, 1.165) is 18.5 Å². The standard InChI is InChI=1S/C13H14N4OS/c14-8-3-1-4-9(7-8)15-12(18)17-13-16-10-5-2-6-11(10)19-13/h1,3-4,7H,2,5-6,14H2,(H2,15,16,17,18). The molecule has 0 fully saturated rings. The summed E-state index contributed by atoms with van der Waals surface area (Å²) in [6, 6.07) is 6.77. The van der Waals surface area contributed by atoms with E-state index in [2.05, 4.69) is 15.6 Å². The maximum atomic E-state index is 11.8. The monoisotopic (exact) mass is 274 g/mol. The number of anilines is 3. The largest absolute Gasteiger partial charge is 0.399 e. The van der Waals surface area contributed by atoms with Crippen molar-refractivity contribution >= 4 is 33.9 Å². The molecule has 1 aliphatic carbocycles. The van der Waals surface area contributed by atoms with E-state index in [-0.39, 0.29) is 6.03 Å². The van der Waals surface area contributed by atoms with Gasteiger partial charge < -0.3 is 11.1 Å². The van der Waals surface area contributed by atoms with Crippen LogP contribution in [0.5, 0.6) is 0 Å². The van der Waals surface area contributed by atoms with Gasteiger partial charge in [0.1, 0.15) is 0 Å². The van der Waals surface area contributed by atoms with Gasteiger partial charge in [-0.2, -0.15) is 0 Å². The lowest BCUT2D eigenvalue weighted by atomic mass is 10.3. The van der Waals surface area contributed by atoms with Crippen molar-refractivity contribution < 1.29 is 4.79 Å². The van der Waals surface area contributed by atoms with E-state index in [9.17, 15) is 4.79 Å². The first kappa shape index (κ1) is 12.0. The SMILES string of the molecule is Nc1cccc(NC(=O)Nc2nc3c(s2)CCC3)c1. The molecule has 0 aliphatic heterocycles. The van der Waals surface area contributed by atoms with Gasteiger partial charge in [0.05, 0.1) is 5.69 Å². The van der Waals surface area contributed by atoms with Crippen LogP contribution < -0.4 is 16.4 Å². The van der Waals surface area contributed by atoms with Crippen molar-refractivity contribution in [2.24, 2.45) is 0 Å². The third-order valence-corrected chi connectivity index (χ3v) is 4.03. The highest BCUT2D eigenvalue weighted by molar-refractivity contribution is 7.15. The maximum Gasteiger partial charge on any atom is 0.325 e. The fraction of sp³-hybridized carbons (Fsp3) is 0.231. The van der Waals surface area contributed by atoms with E-state index in [1.807, 2.05) is 0 Å². The molecule has 3 rings (SSSR count). The number of nitrogens with two attached hydrogens (primary N) is 1. The number of aryl methyl sites for hydroxylation is 2. The normalized spacial score (nSPS) is 13.1. The Kier molecular flexibility index (Phi) is 3.08. The van der Waals surface area contributed by atoms with Gasteiger partial charge in [-0.3, -0.25) is 5.32 Å². The Bertz CT molecular complexity index is 601. The van der Waals surface area contributed by atoms with Crippen LogP contribution in [0.3, 0.4) is 0 Å². The predicted octanol–water partition coefficient (Wildman–Crippen LogP) is 2.86. The van der Waals surface area contributed by atoms with Crippen molar-refractivity contribution in [1.82, 2.24) is 4.98 Å². The van der Waals surface area contributed by atoms with E-state index in [1.165, 1.54) is 11.3 Å². The molecule has 2 aromatic rings. The summed E-state index contributed by atoms with van der Waals surface area (Å²) < 4.78 is 0. The number of hydrogen-bond donors (Lipinski definition) is 3. The zero-order chi connectivity index (χ0) is 13.2. The number of rotatable bonds is 2. The van der Waals surface area contributed by atoms with Crippen LogP contribution in [0.4, 0.5) is 21.3 Å². The van der Waals surface area contributed by atoms with Gasteiger partial charge in [-0.25, -0.2) is 9.78 Å². The second-order valence-electron chi connectivity index (χ2n) is 4.45. The smallest absolute Gasteiger partial charge is 0.325 e. The van der Waals surface area contributed by atoms with Crippen LogP contribution in [0.25, 0.3) is 0 Å². The summed E-state index contributed by atoms with van der Waals surface area (Å²) in [5.74, 6) is 0. The average Bonchev–Trinajstić information content (AvgIpc) is 2.89. The number of fused-ring (bicyclic) bond motifs is 1. The van der Waals surface area contributed by atoms with Crippen molar-refractivity contribution in [1.29, 1.82) is 0 Å². The Balaban J connectivity index is 1.64. The Labute approximate surface area is 114 Å². The first-order valence-electron chi connectivity index (χ1n) is 6.13. The van der Waals surface area contributed by atoms with Gasteiger partial charge >= 0.3 is 6.03 Å². The first-order chi connectivity index (χ1) is 9.20. The highest BCUT2D eigenvalue weighted by atomic mass is 32.1. The Hall–Kier alpha value is -2.08. The van der Waals surface area contributed by atoms with Crippen LogP contribution in [0, 0.1) is 0 Å². The molecule has 0 saturated heterocycles. The molecule has 1 aliphatic rings. The van der Waals surface area contributed by atoms with Crippen molar-refractivity contribution in [3.8, 4) is 0 Å². The molecule has 4 N–H and O–H groups in total. The van der Waals surface area contributed by atoms with Crippen LogP contribution >= 0.6 is 11.3 Å². The van der Waals surface area contributed by atoms with E-state index in [0.29, 0.717) is 16.5 Å². The van der Waals surface area contributed by atoms with Gasteiger partial charge in [0.15, 0.2) is 5.13 Å². The number of thiazole rings is 1. The minimum atomic E-state index is -0.293. The summed E-state index contributed by atoms with van der Waals surface area (Å²) in [6.07, 6.45) is 3.26. The number of aromatic nitrogens is 1. The van der Waals surface area contributed by atoms with Gasteiger partial charge in [-0.05, 0) is 37.5 Å². The topological polar surface area (TPSA) is 80.0 Å². The minimum Gasteiger partial charge on any atom is -0.399 e. The average molecular weight is 274 g/mol. The lowest BCUT2D eigenvalue weighted by Gasteiger charge is -2.05. The molecule has 0 atom stereocenters. The minimum absolute atomic E-state index is 0.293. The third kappa shape index (κ3) is 2.68. The lowest BCUT2D eigenvalue weighted by molar-refractivity contribution is 0.262. The summed E-state index contributed by atoms with van der Waals surface area (Å²) in [7, 11) is 0. The zero-order valence-corrected chi connectivity index (χ0v) is 11.1. The summed E-state index contributed by atoms with van der Waals surface area (Å²) in [5, 5.41) is 6.15. The van der Waals surface area contributed by atoms with Gasteiger partial charge in [-0.15, -0.1) is 11.3 Å². The Morgan fingerprint density at radius 3 is 3.00 bits per heavy atom. The number of urea groups is 1. The maximum absolute atomic E-state index is 11.8. The molecule has 0 radical (unpaired) electrons. The van der Waals surface area contributed by atoms with Crippen LogP contribution in [0.1, 0.15) is 17.0 Å². The number of amides is 2. The van der Waals surface area contributed by atoms with Gasteiger partial charge in [0.2, 0.25) is 0 Å². The van der Waals surface area contributed by atoms with Crippen molar-refractivity contribution in [3.63, 3.8) is 0 Å². The first-order valence-corrected chi connectivity index (χ1v) is 6.94. The molecule has 1 aromatic carbocycles. The number of hydrogen-bond acceptors (Lipinski definition) is 4. The van der Waals surface area contributed by atoms with E-state index >= 15 is 0 Å². The molecule has 0 bridgehead atoms. The van der Waals surface area contributed by atoms with Crippen molar-refractivity contribution in [2.45, 2.75) is 19.3 Å². The molecule has 98 valence electrons. The predicted molar refractivity (Wildman–Crippen MR) is 77.6 cm³/mol. The second kappa shape index (κ2) is 4.89. The van der Waals surface area contributed by atoms with Crippen molar-refractivity contribution in [2.75, 3.05) is 16.4 Å². The summed E-state index contributed by atoms with van der Waals surface area (Å²) in [4.78, 5) is 17.5. The fourth-order valence-electron chi connectivity index (χ4n) is 2.12. The van der Waals surface area contributed by atoms with Crippen molar-refractivity contribution in [3.05, 3.63) is 34.8 Å². The van der Waals surface area contributed by atoms with Gasteiger partial charge in [0.25, 0.3) is 0 Å². The molecule has 1 heterocycles. The lowest BCUT2D eigenvalue weighted by Crippen LogP contribution is -2.19. The van der Waals surface area contributed by atoms with Crippen LogP contribution in [-0.2, 0) is 12.8 Å². The number of carbonyl (C=O) groups excluding carboxylic acids is 1. The molecule has 0 unspecified atom stereocenters. The molecule has 0 spiro atoms. The molecule has 2 amide bonds. The second-order valence-corrected chi connectivity index (χ2v) is 5.53. The molecular formula is C13H14N4OS. The molecule has 0 saturated carbocycles. The van der Waals surface area contributed by atoms with Crippen LogP contribution in [0.2, 0.25) is 0 Å². The van der Waals surface area contributed by atoms with Gasteiger partial charge in [0, 0.05) is 16.3 Å². The number of nitrogen functional groups attached to an aromatic ring is 1. The van der Waals surface area contributed by atoms with Crippen LogP contribution in [-0.4, -0.2) is 11.0 Å². The summed E-state index contributed by atoms with van der Waals surface area (Å²) >= 11 is 1.56. The molecule has 1 aromatic heterocycles. The zero-order valence-electron chi connectivity index (χ0n) is 10.3. The summed E-state index contributed by atoms with van der Waals surface area (Å²) in [5.41, 5.74) is 8.07. The molecular weight excluding hydrogens is 260 g/mol. The van der Waals surface area contributed by atoms with E-state index < -0.39 is 0 Å². The quantitative estimate of drug-likeness (QED) is 0.737. The highest BCUT2D eigenvalue weighted by Gasteiger charge is 2.17. The Morgan fingerprint density at radius 1 is 1.32 bits per heavy atom. The number of nitrogens with zero attached hydrogens (tertiary/aromatic N) is 1. The Morgan fingerprint density at radius 2 is 2.21 bits per heavy atom. The molecule has 19 heavy (non-hydrogen) atoms. The third-order valence-electron chi connectivity index (χ3n) is 2.96.